The first kappa shape index (κ1) is 37.6. The number of fused-ring (bicyclic) bond motifs is 12. The average molecular weight is 918 g/mol. The summed E-state index contributed by atoms with van der Waals surface area (Å²) in [5, 5.41) is 6.24. The van der Waals surface area contributed by atoms with Gasteiger partial charge in [-0.15, -0.1) is 0 Å². The molecule has 304 valence electrons. The van der Waals surface area contributed by atoms with E-state index in [2.05, 4.69) is 182 Å². The Morgan fingerprint density at radius 3 is 1.85 bits per heavy atom. The molecule has 0 aliphatic carbocycles. The molecule has 62 heavy (non-hydrogen) atoms. The third-order valence-electron chi connectivity index (χ3n) is 14.1. The molecular weight excluding hydrogens is 870 g/mol. The van der Waals surface area contributed by atoms with E-state index in [0.717, 1.165) is 53.4 Å². The van der Waals surface area contributed by atoms with Gasteiger partial charge < -0.3 is 0 Å². The molecule has 0 amide bonds. The molecule has 0 bridgehead atoms. The van der Waals surface area contributed by atoms with Crippen LogP contribution in [-0.2, 0) is 8.96 Å². The maximum atomic E-state index is 6.34. The van der Waals surface area contributed by atoms with Gasteiger partial charge in [-0.1, -0.05) is 12.1 Å². The van der Waals surface area contributed by atoms with Crippen molar-refractivity contribution < 1.29 is 4.42 Å². The Morgan fingerprint density at radius 2 is 1.13 bits per heavy atom. The van der Waals surface area contributed by atoms with Gasteiger partial charge in [-0.05, 0) is 0 Å². The van der Waals surface area contributed by atoms with Gasteiger partial charge in [-0.3, -0.25) is 0 Å². The van der Waals surface area contributed by atoms with E-state index >= 15 is 0 Å². The Kier molecular flexibility index (Phi) is 8.59. The number of nitrogens with zero attached hydrogens (tertiary/aromatic N) is 3. The van der Waals surface area contributed by atoms with Crippen LogP contribution >= 0.6 is 19.8 Å². The molecule has 5 heterocycles. The second kappa shape index (κ2) is 14.2. The molecular formula is C57H48IN3O. The summed E-state index contributed by atoms with van der Waals surface area (Å²) in [6.07, 6.45) is 6.29. The Balaban J connectivity index is 1.02. The predicted molar refractivity (Wildman–Crippen MR) is 269 cm³/mol. The van der Waals surface area contributed by atoms with E-state index < -0.39 is 19.8 Å². The number of pyridine rings is 1. The zero-order valence-corrected chi connectivity index (χ0v) is 37.8. The van der Waals surface area contributed by atoms with Gasteiger partial charge in [-0.25, -0.2) is 0 Å². The van der Waals surface area contributed by atoms with Crippen LogP contribution < -0.4 is 0 Å². The number of alkyl halides is 1. The van der Waals surface area contributed by atoms with Gasteiger partial charge in [-0.2, -0.15) is 0 Å². The van der Waals surface area contributed by atoms with Crippen molar-refractivity contribution >= 4 is 85.5 Å². The Bertz CT molecular complexity index is 3510. The molecule has 0 radical (unpaired) electrons. The van der Waals surface area contributed by atoms with Gasteiger partial charge in [0.15, 0.2) is 0 Å². The molecule has 1 aliphatic heterocycles. The molecule has 12 rings (SSSR count). The van der Waals surface area contributed by atoms with Crippen LogP contribution in [0.4, 0.5) is 0 Å². The Hall–Kier alpha value is -6.18. The van der Waals surface area contributed by atoms with Crippen LogP contribution in [0.5, 0.6) is 0 Å². The zero-order valence-electron chi connectivity index (χ0n) is 35.6. The van der Waals surface area contributed by atoms with Crippen LogP contribution in [0, 0.1) is 7.14 Å². The molecule has 0 saturated heterocycles. The van der Waals surface area contributed by atoms with Crippen molar-refractivity contribution in [2.45, 2.75) is 62.3 Å². The molecule has 4 aromatic heterocycles. The summed E-state index contributed by atoms with van der Waals surface area (Å²) in [7, 11) is 0. The van der Waals surface area contributed by atoms with Crippen LogP contribution in [0.1, 0.15) is 64.5 Å². The number of furan rings is 1. The number of rotatable bonds is 9. The molecule has 0 N–H and O–H groups in total. The van der Waals surface area contributed by atoms with Gasteiger partial charge >= 0.3 is 359 Å². The van der Waals surface area contributed by atoms with Crippen molar-refractivity contribution in [3.8, 4) is 16.8 Å². The van der Waals surface area contributed by atoms with Crippen LogP contribution in [0.2, 0.25) is 0 Å². The molecule has 1 unspecified atom stereocenters. The van der Waals surface area contributed by atoms with E-state index in [-0.39, 0.29) is 8.96 Å². The summed E-state index contributed by atoms with van der Waals surface area (Å²) in [4.78, 5) is 4.98. The number of hydrogen-bond donors (Lipinski definition) is 0. The topological polar surface area (TPSA) is 35.9 Å². The van der Waals surface area contributed by atoms with E-state index in [0.29, 0.717) is 0 Å². The van der Waals surface area contributed by atoms with Crippen molar-refractivity contribution in [3.63, 3.8) is 0 Å². The summed E-state index contributed by atoms with van der Waals surface area (Å²) in [5.41, 5.74) is 14.1. The van der Waals surface area contributed by atoms with Crippen LogP contribution in [-0.4, -0.2) is 14.1 Å². The van der Waals surface area contributed by atoms with E-state index in [4.69, 9.17) is 9.40 Å². The molecule has 11 aromatic rings. The van der Waals surface area contributed by atoms with Crippen molar-refractivity contribution in [1.82, 2.24) is 14.1 Å². The average Bonchev–Trinajstić information content (AvgIpc) is 4.06. The first-order chi connectivity index (χ1) is 30.5. The maximum absolute atomic E-state index is 6.34. The minimum absolute atomic E-state index is 0.0124. The number of aromatic nitrogens is 3. The molecule has 7 aromatic carbocycles. The fourth-order valence-electron chi connectivity index (χ4n) is 11.2. The monoisotopic (exact) mass is 917 g/mol. The van der Waals surface area contributed by atoms with Crippen LogP contribution in [0.3, 0.4) is 0 Å². The minimum atomic E-state index is -2.13. The van der Waals surface area contributed by atoms with Gasteiger partial charge in [0.05, 0.1) is 0 Å². The molecule has 1 aliphatic rings. The first-order valence-corrected chi connectivity index (χ1v) is 25.4. The van der Waals surface area contributed by atoms with Gasteiger partial charge in [0.25, 0.3) is 0 Å². The number of hydrogen-bond acceptors (Lipinski definition) is 2. The quantitative estimate of drug-likeness (QED) is 0.107. The number of para-hydroxylation sites is 4. The summed E-state index contributed by atoms with van der Waals surface area (Å²) in [5.74, 6) is 0. The predicted octanol–water partition coefficient (Wildman–Crippen LogP) is 16.0. The Labute approximate surface area is 369 Å². The summed E-state index contributed by atoms with van der Waals surface area (Å²) in [6.45, 7) is 9.70. The summed E-state index contributed by atoms with van der Waals surface area (Å²) >= 11 is -2.13. The van der Waals surface area contributed by atoms with Crippen molar-refractivity contribution in [2.75, 3.05) is 0 Å². The standard InChI is InChI=1S/C57H48IN3O/c1-5-32-56(4,61-51-25-15-10-19-41(51)42-20-11-16-26-52(42)61)37-28-30-48-45(33-37)40-18-8-13-23-47(40)58(48)57(6-2,7-3)38-29-31-50-46(34-38)43-21-9-14-24-49(43)60(50)39-35-54-55(59-36-39)44-22-12-17-27-53(44)62-54/h8-31,33-36H,5-7,32H2,1-4H3. The van der Waals surface area contributed by atoms with Gasteiger partial charge in [0.2, 0.25) is 0 Å². The van der Waals surface area contributed by atoms with Crippen LogP contribution in [0.25, 0.3) is 82.5 Å². The summed E-state index contributed by atoms with van der Waals surface area (Å²) in [6, 6.07) is 61.7. The second-order valence-electron chi connectivity index (χ2n) is 17.2. The van der Waals surface area contributed by atoms with Crippen molar-refractivity contribution in [1.29, 1.82) is 0 Å². The third-order valence-corrected chi connectivity index (χ3v) is 22.5. The fraction of sp³-hybridized carbons (Fsp3) is 0.175. The Morgan fingerprint density at radius 1 is 0.532 bits per heavy atom. The first-order valence-electron chi connectivity index (χ1n) is 22.2. The number of halogens is 1. The van der Waals surface area contributed by atoms with E-state index in [9.17, 15) is 0 Å². The van der Waals surface area contributed by atoms with Crippen molar-refractivity contribution in [3.05, 3.63) is 188 Å². The van der Waals surface area contributed by atoms with Crippen LogP contribution in [0.15, 0.2) is 174 Å². The molecule has 5 heteroatoms. The zero-order chi connectivity index (χ0) is 41.7. The van der Waals surface area contributed by atoms with E-state index in [1.54, 1.807) is 7.14 Å². The SMILES string of the molecule is CCCC(C)(c1ccc2c(c1)-c1ccccc1I2C(CC)(CC)c1ccc2c(c1)c1ccccc1n2-c1cnc2c(c1)oc1ccccc12)n1c2ccccc2c2ccccc21. The van der Waals surface area contributed by atoms with Gasteiger partial charge in [0.1, 0.15) is 0 Å². The molecule has 4 nitrogen and oxygen atoms in total. The third kappa shape index (κ3) is 5.21. The number of benzene rings is 7. The molecule has 0 fully saturated rings. The molecule has 0 saturated carbocycles. The van der Waals surface area contributed by atoms with E-state index in [1.165, 1.54) is 65.9 Å². The normalized spacial score (nSPS) is 14.4. The van der Waals surface area contributed by atoms with Crippen molar-refractivity contribution in [2.24, 2.45) is 0 Å². The van der Waals surface area contributed by atoms with Gasteiger partial charge in [0, 0.05) is 0 Å². The molecule has 1 atom stereocenters. The summed E-state index contributed by atoms with van der Waals surface area (Å²) < 4.78 is 14.6. The second-order valence-corrected chi connectivity index (χ2v) is 23.3. The fourth-order valence-corrected chi connectivity index (χ4v) is 19.7. The molecule has 0 spiro atoms. The van der Waals surface area contributed by atoms with E-state index in [1.807, 2.05) is 24.4 Å².